The summed E-state index contributed by atoms with van der Waals surface area (Å²) in [5, 5.41) is 9.66. The summed E-state index contributed by atoms with van der Waals surface area (Å²) in [6.07, 6.45) is 15.7. The molecule has 0 aliphatic heterocycles. The Morgan fingerprint density at radius 2 is 1.71 bits per heavy atom. The summed E-state index contributed by atoms with van der Waals surface area (Å²) in [5.74, 6) is 1.63. The standard InChI is InChI=1S/C29H39NO/c1-3-4-5-7-10-23(2)31-29-20-19-27(21-28(29)22-30)26-17-15-25(16-18-26)14-13-24-11-8-6-9-12-24/h15-21,23-24H,3-14H2,1-2H3. The third-order valence-electron chi connectivity index (χ3n) is 6.75. The van der Waals surface area contributed by atoms with Crippen LogP contribution in [0.5, 0.6) is 5.75 Å². The maximum absolute atomic E-state index is 9.66. The van der Waals surface area contributed by atoms with Crippen molar-refractivity contribution in [1.29, 1.82) is 5.26 Å². The van der Waals surface area contributed by atoms with Gasteiger partial charge in [0, 0.05) is 0 Å². The number of unbranched alkanes of at least 4 members (excludes halogenated alkanes) is 3. The molecule has 0 radical (unpaired) electrons. The molecule has 1 atom stereocenters. The van der Waals surface area contributed by atoms with Crippen LogP contribution in [0.1, 0.15) is 95.6 Å². The summed E-state index contributed by atoms with van der Waals surface area (Å²) < 4.78 is 6.09. The molecule has 31 heavy (non-hydrogen) atoms. The average Bonchev–Trinajstić information content (AvgIpc) is 2.82. The van der Waals surface area contributed by atoms with Gasteiger partial charge in [0.1, 0.15) is 11.8 Å². The van der Waals surface area contributed by atoms with Crippen molar-refractivity contribution in [3.05, 3.63) is 53.6 Å². The molecule has 0 heterocycles. The Hall–Kier alpha value is -2.27. The number of aryl methyl sites for hydroxylation is 1. The number of nitriles is 1. The largest absolute Gasteiger partial charge is 0.489 e. The second-order valence-corrected chi connectivity index (χ2v) is 9.34. The van der Waals surface area contributed by atoms with Gasteiger partial charge in [-0.3, -0.25) is 0 Å². The molecule has 0 spiro atoms. The summed E-state index contributed by atoms with van der Waals surface area (Å²) in [6.45, 7) is 4.33. The lowest BCUT2D eigenvalue weighted by molar-refractivity contribution is 0.206. The van der Waals surface area contributed by atoms with Crippen LogP contribution in [0.15, 0.2) is 42.5 Å². The number of nitrogens with zero attached hydrogens (tertiary/aromatic N) is 1. The maximum atomic E-state index is 9.66. The Balaban J connectivity index is 1.57. The van der Waals surface area contributed by atoms with Gasteiger partial charge in [-0.2, -0.15) is 5.26 Å². The van der Waals surface area contributed by atoms with Crippen LogP contribution in [0.2, 0.25) is 0 Å². The summed E-state index contributed by atoms with van der Waals surface area (Å²) in [5.41, 5.74) is 4.29. The maximum Gasteiger partial charge on any atom is 0.137 e. The number of rotatable bonds is 11. The van der Waals surface area contributed by atoms with E-state index in [1.165, 1.54) is 76.2 Å². The van der Waals surface area contributed by atoms with E-state index in [0.29, 0.717) is 11.3 Å². The van der Waals surface area contributed by atoms with Crippen LogP contribution in [-0.2, 0) is 6.42 Å². The van der Waals surface area contributed by atoms with Crippen molar-refractivity contribution in [3.63, 3.8) is 0 Å². The zero-order valence-corrected chi connectivity index (χ0v) is 19.5. The highest BCUT2D eigenvalue weighted by Gasteiger charge is 2.13. The van der Waals surface area contributed by atoms with Crippen LogP contribution in [0.3, 0.4) is 0 Å². The predicted octanol–water partition coefficient (Wildman–Crippen LogP) is 8.48. The molecule has 1 aliphatic rings. The van der Waals surface area contributed by atoms with E-state index in [-0.39, 0.29) is 6.10 Å². The minimum Gasteiger partial charge on any atom is -0.489 e. The molecule has 2 heteroatoms. The van der Waals surface area contributed by atoms with Gasteiger partial charge in [-0.05, 0) is 67.3 Å². The Morgan fingerprint density at radius 1 is 0.968 bits per heavy atom. The summed E-state index contributed by atoms with van der Waals surface area (Å²) in [4.78, 5) is 0. The van der Waals surface area contributed by atoms with Crippen LogP contribution in [0.25, 0.3) is 11.1 Å². The minimum absolute atomic E-state index is 0.137. The van der Waals surface area contributed by atoms with Gasteiger partial charge in [-0.15, -0.1) is 0 Å². The lowest BCUT2D eigenvalue weighted by Gasteiger charge is -2.21. The van der Waals surface area contributed by atoms with E-state index in [2.05, 4.69) is 50.2 Å². The highest BCUT2D eigenvalue weighted by atomic mass is 16.5. The van der Waals surface area contributed by atoms with Crippen LogP contribution in [0.4, 0.5) is 0 Å². The molecule has 2 aromatic rings. The molecule has 166 valence electrons. The zero-order chi connectivity index (χ0) is 21.9. The van der Waals surface area contributed by atoms with Gasteiger partial charge in [-0.1, -0.05) is 88.6 Å². The topological polar surface area (TPSA) is 33.0 Å². The Bertz CT molecular complexity index is 827. The fraction of sp³-hybridized carbons (Fsp3) is 0.552. The molecular weight excluding hydrogens is 378 g/mol. The Kier molecular flexibility index (Phi) is 9.47. The van der Waals surface area contributed by atoms with Gasteiger partial charge in [0.25, 0.3) is 0 Å². The first-order valence-corrected chi connectivity index (χ1v) is 12.5. The van der Waals surface area contributed by atoms with E-state index in [0.717, 1.165) is 23.5 Å². The summed E-state index contributed by atoms with van der Waals surface area (Å²) in [7, 11) is 0. The van der Waals surface area contributed by atoms with Gasteiger partial charge in [0.05, 0.1) is 11.7 Å². The van der Waals surface area contributed by atoms with Gasteiger partial charge in [0.15, 0.2) is 0 Å². The second kappa shape index (κ2) is 12.6. The molecule has 1 unspecified atom stereocenters. The van der Waals surface area contributed by atoms with Gasteiger partial charge >= 0.3 is 0 Å². The molecule has 1 fully saturated rings. The number of hydrogen-bond donors (Lipinski definition) is 0. The van der Waals surface area contributed by atoms with E-state index in [9.17, 15) is 5.26 Å². The van der Waals surface area contributed by atoms with Crippen LogP contribution < -0.4 is 4.74 Å². The third kappa shape index (κ3) is 7.42. The van der Waals surface area contributed by atoms with Crippen molar-refractivity contribution in [2.75, 3.05) is 0 Å². The molecule has 0 saturated heterocycles. The Labute approximate surface area is 189 Å². The molecule has 1 saturated carbocycles. The lowest BCUT2D eigenvalue weighted by Crippen LogP contribution is -2.12. The molecule has 0 bridgehead atoms. The molecule has 0 N–H and O–H groups in total. The van der Waals surface area contributed by atoms with E-state index < -0.39 is 0 Å². The van der Waals surface area contributed by atoms with Crippen molar-refractivity contribution >= 4 is 0 Å². The predicted molar refractivity (Wildman–Crippen MR) is 130 cm³/mol. The smallest absolute Gasteiger partial charge is 0.137 e. The van der Waals surface area contributed by atoms with Gasteiger partial charge in [-0.25, -0.2) is 0 Å². The van der Waals surface area contributed by atoms with Crippen LogP contribution >= 0.6 is 0 Å². The fourth-order valence-electron chi connectivity index (χ4n) is 4.74. The molecule has 0 amide bonds. The monoisotopic (exact) mass is 417 g/mol. The van der Waals surface area contributed by atoms with E-state index in [4.69, 9.17) is 4.74 Å². The zero-order valence-electron chi connectivity index (χ0n) is 19.5. The van der Waals surface area contributed by atoms with E-state index in [1.54, 1.807) is 0 Å². The molecular formula is C29H39NO. The van der Waals surface area contributed by atoms with Crippen molar-refractivity contribution < 1.29 is 4.74 Å². The van der Waals surface area contributed by atoms with E-state index in [1.807, 2.05) is 12.1 Å². The number of benzene rings is 2. The van der Waals surface area contributed by atoms with Crippen molar-refractivity contribution in [2.24, 2.45) is 5.92 Å². The number of ether oxygens (including phenoxy) is 1. The Morgan fingerprint density at radius 3 is 2.42 bits per heavy atom. The normalized spacial score (nSPS) is 15.4. The van der Waals surface area contributed by atoms with Crippen molar-refractivity contribution in [1.82, 2.24) is 0 Å². The highest BCUT2D eigenvalue weighted by molar-refractivity contribution is 5.67. The third-order valence-corrected chi connectivity index (χ3v) is 6.75. The van der Waals surface area contributed by atoms with Crippen molar-refractivity contribution in [3.8, 4) is 22.9 Å². The molecule has 2 aromatic carbocycles. The number of hydrogen-bond acceptors (Lipinski definition) is 2. The molecule has 0 aromatic heterocycles. The lowest BCUT2D eigenvalue weighted by atomic mass is 9.85. The second-order valence-electron chi connectivity index (χ2n) is 9.34. The first-order chi connectivity index (χ1) is 15.2. The highest BCUT2D eigenvalue weighted by Crippen LogP contribution is 2.30. The summed E-state index contributed by atoms with van der Waals surface area (Å²) in [6, 6.07) is 17.3. The molecule has 3 rings (SSSR count). The van der Waals surface area contributed by atoms with Crippen molar-refractivity contribution in [2.45, 2.75) is 97.0 Å². The summed E-state index contributed by atoms with van der Waals surface area (Å²) >= 11 is 0. The molecule has 2 nitrogen and oxygen atoms in total. The van der Waals surface area contributed by atoms with Gasteiger partial charge in [0.2, 0.25) is 0 Å². The van der Waals surface area contributed by atoms with Crippen LogP contribution in [-0.4, -0.2) is 6.10 Å². The fourth-order valence-corrected chi connectivity index (χ4v) is 4.74. The first kappa shape index (κ1) is 23.4. The van der Waals surface area contributed by atoms with Crippen LogP contribution in [0, 0.1) is 17.2 Å². The quantitative estimate of drug-likeness (QED) is 0.343. The van der Waals surface area contributed by atoms with Gasteiger partial charge < -0.3 is 4.74 Å². The molecule has 1 aliphatic carbocycles. The SMILES string of the molecule is CCCCCCC(C)Oc1ccc(-c2ccc(CCC3CCCCC3)cc2)cc1C#N. The van der Waals surface area contributed by atoms with E-state index >= 15 is 0 Å². The first-order valence-electron chi connectivity index (χ1n) is 12.5. The average molecular weight is 418 g/mol. The minimum atomic E-state index is 0.137.